The van der Waals surface area contributed by atoms with Crippen LogP contribution < -0.4 is 0 Å². The lowest BCUT2D eigenvalue weighted by atomic mass is 10.0. The lowest BCUT2D eigenvalue weighted by molar-refractivity contribution is 0.191. The molecule has 2 rings (SSSR count). The minimum absolute atomic E-state index is 0.0181. The van der Waals surface area contributed by atoms with Crippen molar-refractivity contribution >= 4 is 19.9 Å². The molecular formula is C12H23NO5S2. The molecule has 0 aliphatic carbocycles. The van der Waals surface area contributed by atoms with Crippen molar-refractivity contribution in [1.82, 2.24) is 4.31 Å². The van der Waals surface area contributed by atoms with Crippen molar-refractivity contribution < 1.29 is 21.9 Å². The first-order valence-corrected chi connectivity index (χ1v) is 10.5. The van der Waals surface area contributed by atoms with Crippen LogP contribution in [0.5, 0.6) is 0 Å². The van der Waals surface area contributed by atoms with Crippen molar-refractivity contribution in [3.05, 3.63) is 0 Å². The van der Waals surface area contributed by atoms with E-state index in [0.29, 0.717) is 13.0 Å². The van der Waals surface area contributed by atoms with E-state index in [-0.39, 0.29) is 37.0 Å². The van der Waals surface area contributed by atoms with E-state index < -0.39 is 25.1 Å². The van der Waals surface area contributed by atoms with Crippen molar-refractivity contribution in [2.45, 2.75) is 49.8 Å². The third-order valence-corrected chi connectivity index (χ3v) is 8.45. The molecule has 1 atom stereocenters. The monoisotopic (exact) mass is 325 g/mol. The van der Waals surface area contributed by atoms with E-state index in [1.54, 1.807) is 0 Å². The van der Waals surface area contributed by atoms with E-state index >= 15 is 0 Å². The third kappa shape index (κ3) is 3.52. The van der Waals surface area contributed by atoms with Crippen LogP contribution in [0.3, 0.4) is 0 Å². The number of aliphatic hydroxyl groups excluding tert-OH is 1. The van der Waals surface area contributed by atoms with Crippen LogP contribution in [0.4, 0.5) is 0 Å². The molecule has 8 heteroatoms. The largest absolute Gasteiger partial charge is 0.396 e. The Morgan fingerprint density at radius 1 is 1.10 bits per heavy atom. The Morgan fingerprint density at radius 3 is 2.35 bits per heavy atom. The van der Waals surface area contributed by atoms with Gasteiger partial charge in [-0.15, -0.1) is 0 Å². The molecule has 0 saturated carbocycles. The van der Waals surface area contributed by atoms with Crippen LogP contribution in [0, 0.1) is 0 Å². The average Bonchev–Trinajstić information content (AvgIpc) is 2.39. The van der Waals surface area contributed by atoms with Gasteiger partial charge in [0.1, 0.15) is 9.84 Å². The van der Waals surface area contributed by atoms with Gasteiger partial charge in [0.05, 0.1) is 16.8 Å². The van der Waals surface area contributed by atoms with Crippen molar-refractivity contribution in [1.29, 1.82) is 0 Å². The summed E-state index contributed by atoms with van der Waals surface area (Å²) in [6.07, 6.45) is 3.47. The number of aliphatic hydroxyl groups is 1. The molecule has 2 heterocycles. The lowest BCUT2D eigenvalue weighted by Gasteiger charge is -2.37. The van der Waals surface area contributed by atoms with E-state index in [2.05, 4.69) is 0 Å². The third-order valence-electron chi connectivity index (χ3n) is 4.29. The van der Waals surface area contributed by atoms with Gasteiger partial charge in [-0.25, -0.2) is 16.8 Å². The maximum absolute atomic E-state index is 12.7. The number of rotatable bonds is 4. The highest BCUT2D eigenvalue weighted by atomic mass is 32.2. The van der Waals surface area contributed by atoms with Crippen LogP contribution >= 0.6 is 0 Å². The minimum Gasteiger partial charge on any atom is -0.396 e. The van der Waals surface area contributed by atoms with Crippen molar-refractivity contribution in [3.63, 3.8) is 0 Å². The normalized spacial score (nSPS) is 29.4. The molecule has 20 heavy (non-hydrogen) atoms. The topological polar surface area (TPSA) is 91.8 Å². The van der Waals surface area contributed by atoms with Crippen LogP contribution in [0.2, 0.25) is 0 Å². The van der Waals surface area contributed by atoms with Gasteiger partial charge in [-0.1, -0.05) is 6.42 Å². The molecule has 0 amide bonds. The summed E-state index contributed by atoms with van der Waals surface area (Å²) in [4.78, 5) is 0. The zero-order chi connectivity index (χ0) is 14.8. The van der Waals surface area contributed by atoms with Gasteiger partial charge in [0.25, 0.3) is 0 Å². The second kappa shape index (κ2) is 6.29. The van der Waals surface area contributed by atoms with Crippen LogP contribution in [0.15, 0.2) is 0 Å². The van der Waals surface area contributed by atoms with Crippen molar-refractivity contribution in [2.75, 3.05) is 24.7 Å². The highest BCUT2D eigenvalue weighted by Gasteiger charge is 2.40. The summed E-state index contributed by atoms with van der Waals surface area (Å²) in [7, 11) is -6.50. The number of nitrogens with zero attached hydrogens (tertiary/aromatic N) is 1. The fourth-order valence-corrected chi connectivity index (χ4v) is 7.12. The van der Waals surface area contributed by atoms with Gasteiger partial charge in [0.15, 0.2) is 0 Å². The molecule has 1 N–H and O–H groups in total. The lowest BCUT2D eigenvalue weighted by Crippen LogP contribution is -2.49. The number of hydrogen-bond donors (Lipinski definition) is 1. The summed E-state index contributed by atoms with van der Waals surface area (Å²) in [5.74, 6) is -0.0647. The molecule has 0 spiro atoms. The Morgan fingerprint density at radius 2 is 1.75 bits per heavy atom. The number of sulfone groups is 1. The molecule has 2 aliphatic heterocycles. The Kier molecular flexibility index (Phi) is 5.09. The zero-order valence-electron chi connectivity index (χ0n) is 11.6. The summed E-state index contributed by atoms with van der Waals surface area (Å²) in [6.45, 7) is 0.478. The van der Waals surface area contributed by atoms with E-state index in [0.717, 1.165) is 19.3 Å². The fourth-order valence-electron chi connectivity index (χ4n) is 3.10. The Hall–Kier alpha value is -0.180. The second-order valence-electron chi connectivity index (χ2n) is 5.67. The number of hydrogen-bond acceptors (Lipinski definition) is 5. The second-order valence-corrected chi connectivity index (χ2v) is 10.1. The first-order chi connectivity index (χ1) is 9.37. The van der Waals surface area contributed by atoms with E-state index in [1.807, 2.05) is 0 Å². The molecule has 1 unspecified atom stereocenters. The number of sulfonamides is 1. The van der Waals surface area contributed by atoms with Gasteiger partial charge in [0.2, 0.25) is 10.0 Å². The maximum atomic E-state index is 12.7. The van der Waals surface area contributed by atoms with Gasteiger partial charge in [-0.05, 0) is 32.1 Å². The Labute approximate surface area is 121 Å². The summed E-state index contributed by atoms with van der Waals surface area (Å²) in [5.41, 5.74) is 0. The number of piperidine rings is 1. The molecule has 2 fully saturated rings. The standard InChI is InChI=1S/C12H23NO5S2/c14-8-4-11-3-1-2-7-13(11)20(17,18)12-5-9-19(15,16)10-6-12/h11-12,14H,1-10H2. The SMILES string of the molecule is O=S1(=O)CCC(S(=O)(=O)N2CCCCC2CCO)CC1. The molecular weight excluding hydrogens is 302 g/mol. The first kappa shape index (κ1) is 16.2. The molecule has 0 aromatic heterocycles. The molecule has 6 nitrogen and oxygen atoms in total. The summed E-state index contributed by atoms with van der Waals surface area (Å²) in [5, 5.41) is 8.50. The Bertz CT molecular complexity index is 512. The van der Waals surface area contributed by atoms with Gasteiger partial charge >= 0.3 is 0 Å². The van der Waals surface area contributed by atoms with Gasteiger partial charge in [-0.2, -0.15) is 4.31 Å². The average molecular weight is 325 g/mol. The van der Waals surface area contributed by atoms with Crippen molar-refractivity contribution in [3.8, 4) is 0 Å². The maximum Gasteiger partial charge on any atom is 0.217 e. The Balaban J connectivity index is 2.12. The zero-order valence-corrected chi connectivity index (χ0v) is 13.2. The highest BCUT2D eigenvalue weighted by Crippen LogP contribution is 2.29. The predicted octanol–water partition coefficient (Wildman–Crippen LogP) is 0.130. The van der Waals surface area contributed by atoms with Crippen LogP contribution in [0.1, 0.15) is 38.5 Å². The molecule has 118 valence electrons. The quantitative estimate of drug-likeness (QED) is 0.793. The highest BCUT2D eigenvalue weighted by molar-refractivity contribution is 7.92. The van der Waals surface area contributed by atoms with Gasteiger partial charge < -0.3 is 5.11 Å². The molecule has 0 aromatic rings. The summed E-state index contributed by atoms with van der Waals surface area (Å²) >= 11 is 0. The molecule has 0 radical (unpaired) electrons. The van der Waals surface area contributed by atoms with Gasteiger partial charge in [-0.3, -0.25) is 0 Å². The van der Waals surface area contributed by atoms with Crippen LogP contribution in [0.25, 0.3) is 0 Å². The van der Waals surface area contributed by atoms with E-state index in [4.69, 9.17) is 5.11 Å². The molecule has 2 saturated heterocycles. The summed E-state index contributed by atoms with van der Waals surface area (Å²) < 4.78 is 49.7. The van der Waals surface area contributed by atoms with E-state index in [9.17, 15) is 16.8 Å². The van der Waals surface area contributed by atoms with E-state index in [1.165, 1.54) is 4.31 Å². The first-order valence-electron chi connectivity index (χ1n) is 7.19. The molecule has 2 aliphatic rings. The summed E-state index contributed by atoms with van der Waals surface area (Å²) in [6, 6.07) is -0.128. The minimum atomic E-state index is -3.45. The predicted molar refractivity (Wildman–Crippen MR) is 76.6 cm³/mol. The van der Waals surface area contributed by atoms with Crippen molar-refractivity contribution in [2.24, 2.45) is 0 Å². The van der Waals surface area contributed by atoms with Crippen LogP contribution in [-0.2, 0) is 19.9 Å². The van der Waals surface area contributed by atoms with Gasteiger partial charge in [0, 0.05) is 19.2 Å². The van der Waals surface area contributed by atoms with Crippen LogP contribution in [-0.4, -0.2) is 62.2 Å². The fraction of sp³-hybridized carbons (Fsp3) is 1.00. The molecule has 0 bridgehead atoms. The molecule has 0 aromatic carbocycles. The smallest absolute Gasteiger partial charge is 0.217 e.